The molecule has 2 aromatic rings. The third-order valence-corrected chi connectivity index (χ3v) is 4.23. The number of nitrogens with zero attached hydrogens (tertiary/aromatic N) is 2. The molecule has 0 unspecified atom stereocenters. The topological polar surface area (TPSA) is 87.7 Å². The van der Waals surface area contributed by atoms with Gasteiger partial charge >= 0.3 is 5.97 Å². The van der Waals surface area contributed by atoms with E-state index in [1.54, 1.807) is 7.11 Å². The van der Waals surface area contributed by atoms with Crippen LogP contribution in [0, 0.1) is 0 Å². The number of H-pyrrole nitrogens is 1. The van der Waals surface area contributed by atoms with Crippen molar-refractivity contribution in [3.63, 3.8) is 0 Å². The molecule has 128 valence electrons. The van der Waals surface area contributed by atoms with E-state index in [4.69, 9.17) is 14.6 Å². The monoisotopic (exact) mass is 331 g/mol. The van der Waals surface area contributed by atoms with E-state index in [0.717, 1.165) is 31.5 Å². The molecule has 24 heavy (non-hydrogen) atoms. The Kier molecular flexibility index (Phi) is 4.71. The lowest BCUT2D eigenvalue weighted by molar-refractivity contribution is 0.0690. The van der Waals surface area contributed by atoms with Crippen LogP contribution >= 0.6 is 0 Å². The van der Waals surface area contributed by atoms with Crippen LogP contribution in [0.4, 0.5) is 0 Å². The van der Waals surface area contributed by atoms with Gasteiger partial charge in [-0.25, -0.2) is 4.79 Å². The Balaban J connectivity index is 1.78. The van der Waals surface area contributed by atoms with Crippen molar-refractivity contribution in [1.82, 2.24) is 15.1 Å². The molecule has 0 amide bonds. The summed E-state index contributed by atoms with van der Waals surface area (Å²) in [6, 6.07) is 7.01. The van der Waals surface area contributed by atoms with E-state index in [-0.39, 0.29) is 11.8 Å². The second-order valence-corrected chi connectivity index (χ2v) is 5.96. The van der Waals surface area contributed by atoms with Crippen LogP contribution in [-0.4, -0.2) is 59.5 Å². The van der Waals surface area contributed by atoms with Gasteiger partial charge in [0, 0.05) is 18.7 Å². The molecular formula is C17H21N3O4. The minimum Gasteiger partial charge on any atom is -0.493 e. The second-order valence-electron chi connectivity index (χ2n) is 5.96. The fourth-order valence-electron chi connectivity index (χ4n) is 2.79. The molecule has 0 atom stereocenters. The number of hydrogen-bond donors (Lipinski definition) is 2. The summed E-state index contributed by atoms with van der Waals surface area (Å²) in [5.74, 6) is 0.277. The quantitative estimate of drug-likeness (QED) is 0.874. The number of carboxylic acids is 1. The molecule has 1 aromatic heterocycles. The van der Waals surface area contributed by atoms with Gasteiger partial charge in [0.1, 0.15) is 11.8 Å². The van der Waals surface area contributed by atoms with Crippen molar-refractivity contribution in [3.8, 4) is 22.8 Å². The van der Waals surface area contributed by atoms with E-state index in [9.17, 15) is 4.79 Å². The van der Waals surface area contributed by atoms with Gasteiger partial charge in [-0.05, 0) is 44.2 Å². The first kappa shape index (κ1) is 16.3. The van der Waals surface area contributed by atoms with Crippen LogP contribution in [-0.2, 0) is 0 Å². The van der Waals surface area contributed by atoms with Crippen molar-refractivity contribution in [1.29, 1.82) is 0 Å². The number of carboxylic acid groups (broad SMARTS) is 1. The molecule has 1 aliphatic rings. The zero-order valence-electron chi connectivity index (χ0n) is 13.8. The summed E-state index contributed by atoms with van der Waals surface area (Å²) < 4.78 is 11.5. The summed E-state index contributed by atoms with van der Waals surface area (Å²) in [5, 5.41) is 15.5. The van der Waals surface area contributed by atoms with Gasteiger partial charge in [0.05, 0.1) is 12.8 Å². The van der Waals surface area contributed by atoms with Gasteiger partial charge in [0.25, 0.3) is 0 Å². The number of hydrogen-bond acceptors (Lipinski definition) is 5. The summed E-state index contributed by atoms with van der Waals surface area (Å²) in [7, 11) is 3.70. The molecule has 7 heteroatoms. The van der Waals surface area contributed by atoms with E-state index >= 15 is 0 Å². The molecule has 3 rings (SSSR count). The zero-order valence-corrected chi connectivity index (χ0v) is 13.8. The molecule has 2 N–H and O–H groups in total. The maximum absolute atomic E-state index is 10.9. The maximum atomic E-state index is 10.9. The first-order valence-corrected chi connectivity index (χ1v) is 7.89. The minimum absolute atomic E-state index is 0.0515. The number of carbonyl (C=O) groups is 1. The lowest BCUT2D eigenvalue weighted by Crippen LogP contribution is -2.35. The molecule has 1 aliphatic heterocycles. The Morgan fingerprint density at radius 2 is 2.04 bits per heavy atom. The molecule has 0 bridgehead atoms. The summed E-state index contributed by atoms with van der Waals surface area (Å²) in [6.07, 6.45) is 2.16. The lowest BCUT2D eigenvalue weighted by atomic mass is 10.1. The van der Waals surface area contributed by atoms with E-state index in [1.165, 1.54) is 6.07 Å². The van der Waals surface area contributed by atoms with Crippen LogP contribution in [0.2, 0.25) is 0 Å². The lowest BCUT2D eigenvalue weighted by Gasteiger charge is -2.29. The van der Waals surface area contributed by atoms with Crippen LogP contribution in [0.15, 0.2) is 24.3 Å². The average molecular weight is 331 g/mol. The number of nitrogens with one attached hydrogen (secondary N) is 1. The largest absolute Gasteiger partial charge is 0.493 e. The fourth-order valence-corrected chi connectivity index (χ4v) is 2.79. The second kappa shape index (κ2) is 6.92. The number of benzene rings is 1. The molecule has 1 saturated heterocycles. The predicted octanol–water partition coefficient (Wildman–Crippen LogP) is 2.26. The third kappa shape index (κ3) is 3.51. The molecule has 0 aliphatic carbocycles. The number of piperidine rings is 1. The number of aromatic carboxylic acids is 1. The van der Waals surface area contributed by atoms with E-state index in [1.807, 2.05) is 18.2 Å². The highest BCUT2D eigenvalue weighted by Gasteiger charge is 2.20. The first-order chi connectivity index (χ1) is 11.6. The Labute approximate surface area is 140 Å². The van der Waals surface area contributed by atoms with Crippen molar-refractivity contribution in [2.75, 3.05) is 27.2 Å². The van der Waals surface area contributed by atoms with Gasteiger partial charge in [-0.1, -0.05) is 0 Å². The fraction of sp³-hybridized carbons (Fsp3) is 0.412. The molecule has 2 heterocycles. The molecular weight excluding hydrogens is 310 g/mol. The van der Waals surface area contributed by atoms with Crippen molar-refractivity contribution in [2.24, 2.45) is 0 Å². The van der Waals surface area contributed by atoms with E-state index < -0.39 is 5.97 Å². The van der Waals surface area contributed by atoms with Gasteiger partial charge in [-0.2, -0.15) is 5.10 Å². The number of rotatable bonds is 5. The highest BCUT2D eigenvalue weighted by Crippen LogP contribution is 2.33. The van der Waals surface area contributed by atoms with Crippen LogP contribution < -0.4 is 9.47 Å². The minimum atomic E-state index is -1.04. The Morgan fingerprint density at radius 1 is 1.29 bits per heavy atom. The predicted molar refractivity (Wildman–Crippen MR) is 88.7 cm³/mol. The number of likely N-dealkylation sites (tertiary alicyclic amines) is 1. The number of aromatic nitrogens is 2. The van der Waals surface area contributed by atoms with Gasteiger partial charge in [-0.15, -0.1) is 0 Å². The molecule has 0 radical (unpaired) electrons. The molecule has 7 nitrogen and oxygen atoms in total. The number of aromatic amines is 1. The average Bonchev–Trinajstić information content (AvgIpc) is 3.07. The van der Waals surface area contributed by atoms with Gasteiger partial charge < -0.3 is 19.5 Å². The van der Waals surface area contributed by atoms with Crippen LogP contribution in [0.5, 0.6) is 11.5 Å². The van der Waals surface area contributed by atoms with Crippen molar-refractivity contribution in [2.45, 2.75) is 18.9 Å². The molecule has 1 fully saturated rings. The third-order valence-electron chi connectivity index (χ3n) is 4.23. The van der Waals surface area contributed by atoms with Crippen LogP contribution in [0.3, 0.4) is 0 Å². The summed E-state index contributed by atoms with van der Waals surface area (Å²) in [4.78, 5) is 13.2. The molecule has 1 aromatic carbocycles. The van der Waals surface area contributed by atoms with Crippen LogP contribution in [0.1, 0.15) is 23.3 Å². The highest BCUT2D eigenvalue weighted by molar-refractivity contribution is 5.86. The smallest absolute Gasteiger partial charge is 0.353 e. The summed E-state index contributed by atoms with van der Waals surface area (Å²) in [6.45, 7) is 2.05. The SMILES string of the molecule is COc1cc(-c2cc(C(=O)O)[nH]n2)ccc1OC1CCN(C)CC1. The van der Waals surface area contributed by atoms with E-state index in [0.29, 0.717) is 17.2 Å². The molecule has 0 spiro atoms. The van der Waals surface area contributed by atoms with Gasteiger partial charge in [0.15, 0.2) is 11.5 Å². The van der Waals surface area contributed by atoms with Gasteiger partial charge in [-0.3, -0.25) is 5.10 Å². The maximum Gasteiger partial charge on any atom is 0.353 e. The van der Waals surface area contributed by atoms with Crippen molar-refractivity contribution in [3.05, 3.63) is 30.0 Å². The van der Waals surface area contributed by atoms with Crippen LogP contribution in [0.25, 0.3) is 11.3 Å². The number of ether oxygens (including phenoxy) is 2. The normalized spacial score (nSPS) is 16.1. The van der Waals surface area contributed by atoms with Crippen molar-refractivity contribution >= 4 is 5.97 Å². The van der Waals surface area contributed by atoms with E-state index in [2.05, 4.69) is 22.1 Å². The Hall–Kier alpha value is -2.54. The first-order valence-electron chi connectivity index (χ1n) is 7.89. The Morgan fingerprint density at radius 3 is 2.67 bits per heavy atom. The van der Waals surface area contributed by atoms with Crippen molar-refractivity contribution < 1.29 is 19.4 Å². The summed E-state index contributed by atoms with van der Waals surface area (Å²) >= 11 is 0. The molecule has 0 saturated carbocycles. The highest BCUT2D eigenvalue weighted by atomic mass is 16.5. The Bertz CT molecular complexity index is 720. The van der Waals surface area contributed by atoms with Gasteiger partial charge in [0.2, 0.25) is 0 Å². The summed E-state index contributed by atoms with van der Waals surface area (Å²) in [5.41, 5.74) is 1.37. The number of methoxy groups -OCH3 is 1. The zero-order chi connectivity index (χ0) is 17.1. The standard InChI is InChI=1S/C17H21N3O4/c1-20-7-5-12(6-8-20)24-15-4-3-11(9-16(15)23-2)13-10-14(17(21)22)19-18-13/h3-4,9-10,12H,5-8H2,1-2H3,(H,18,19)(H,21,22).